The maximum atomic E-state index is 12.2. The van der Waals surface area contributed by atoms with Gasteiger partial charge in [0.2, 0.25) is 0 Å². The molecule has 3 aromatic rings. The second kappa shape index (κ2) is 7.17. The highest BCUT2D eigenvalue weighted by atomic mass is 32.1. The van der Waals surface area contributed by atoms with Crippen LogP contribution in [0.1, 0.15) is 11.1 Å². The van der Waals surface area contributed by atoms with Gasteiger partial charge in [-0.2, -0.15) is 0 Å². The second-order valence-corrected chi connectivity index (χ2v) is 6.58. The van der Waals surface area contributed by atoms with Gasteiger partial charge in [0.05, 0.1) is 0 Å². The van der Waals surface area contributed by atoms with E-state index in [0.717, 1.165) is 22.0 Å². The molecule has 1 atom stereocenters. The van der Waals surface area contributed by atoms with Crippen molar-refractivity contribution in [2.24, 2.45) is 0 Å². The number of aromatic amines is 1. The largest absolute Gasteiger partial charge is 0.480 e. The maximum Gasteiger partial charge on any atom is 0.329 e. The quantitative estimate of drug-likeness (QED) is 0.571. The Morgan fingerprint density at radius 2 is 1.84 bits per heavy atom. The van der Waals surface area contributed by atoms with E-state index in [2.05, 4.69) is 10.3 Å². The van der Waals surface area contributed by atoms with E-state index in [0.29, 0.717) is 11.3 Å². The lowest BCUT2D eigenvalue weighted by molar-refractivity contribution is -0.141. The van der Waals surface area contributed by atoms with Crippen LogP contribution in [-0.4, -0.2) is 33.5 Å². The van der Waals surface area contributed by atoms with Crippen molar-refractivity contribution in [2.45, 2.75) is 18.4 Å². The molecule has 0 bridgehead atoms. The predicted octanol–water partition coefficient (Wildman–Crippen LogP) is 3.37. The number of para-hydroxylation sites is 1. The average molecular weight is 352 g/mol. The average Bonchev–Trinajstić information content (AvgIpc) is 3.03. The van der Waals surface area contributed by atoms with E-state index in [-0.39, 0.29) is 6.42 Å². The Morgan fingerprint density at radius 3 is 2.52 bits per heavy atom. The van der Waals surface area contributed by atoms with Crippen LogP contribution < -0.4 is 5.32 Å². The fourth-order valence-corrected chi connectivity index (χ4v) is 3.55. The van der Waals surface area contributed by atoms with Crippen LogP contribution in [0.3, 0.4) is 0 Å². The van der Waals surface area contributed by atoms with Crippen molar-refractivity contribution in [1.29, 1.82) is 0 Å². The second-order valence-electron chi connectivity index (χ2n) is 6.08. The molecular weight excluding hydrogens is 332 g/mol. The molecule has 1 aromatic heterocycles. The van der Waals surface area contributed by atoms with Gasteiger partial charge >= 0.3 is 5.97 Å². The summed E-state index contributed by atoms with van der Waals surface area (Å²) in [4.78, 5) is 15.9. The molecule has 2 aromatic carbocycles. The van der Waals surface area contributed by atoms with Gasteiger partial charge in [-0.1, -0.05) is 60.7 Å². The van der Waals surface area contributed by atoms with Gasteiger partial charge in [0, 0.05) is 34.8 Å². The summed E-state index contributed by atoms with van der Waals surface area (Å²) in [5.74, 6) is -0.957. The Hall–Kier alpha value is -2.50. The van der Waals surface area contributed by atoms with Gasteiger partial charge in [-0.15, -0.1) is 0 Å². The molecule has 4 nitrogen and oxygen atoms in total. The number of fused-ring (bicyclic) bond motifs is 1. The molecule has 0 saturated carbocycles. The zero-order valence-electron chi connectivity index (χ0n) is 14.0. The van der Waals surface area contributed by atoms with Gasteiger partial charge in [0.15, 0.2) is 5.54 Å². The number of aliphatic carboxylic acids is 1. The van der Waals surface area contributed by atoms with Crippen molar-refractivity contribution in [3.05, 3.63) is 71.9 Å². The van der Waals surface area contributed by atoms with E-state index < -0.39 is 11.5 Å². The highest BCUT2D eigenvalue weighted by Gasteiger charge is 2.41. The van der Waals surface area contributed by atoms with Crippen LogP contribution in [0.25, 0.3) is 10.9 Å². The minimum absolute atomic E-state index is 0.286. The molecule has 3 N–H and O–H groups in total. The third kappa shape index (κ3) is 3.34. The van der Waals surface area contributed by atoms with Crippen molar-refractivity contribution >= 4 is 34.0 Å². The monoisotopic (exact) mass is 352 g/mol. The summed E-state index contributed by atoms with van der Waals surface area (Å²) in [5.41, 5.74) is 1.63. The number of thiocarbonyl (C=S) groups is 1. The molecular formula is C20H20N2O2S. The summed E-state index contributed by atoms with van der Waals surface area (Å²) in [6, 6.07) is 17.6. The first kappa shape index (κ1) is 17.3. The van der Waals surface area contributed by atoms with E-state index in [1.165, 1.54) is 0 Å². The highest BCUT2D eigenvalue weighted by Crippen LogP contribution is 2.25. The smallest absolute Gasteiger partial charge is 0.329 e. The third-order valence-electron chi connectivity index (χ3n) is 4.61. The molecule has 128 valence electrons. The summed E-state index contributed by atoms with van der Waals surface area (Å²) in [5, 5.41) is 14.0. The molecule has 0 aliphatic heterocycles. The van der Waals surface area contributed by atoms with E-state index in [1.54, 1.807) is 7.05 Å². The number of rotatable bonds is 7. The Labute approximate surface area is 151 Å². The topological polar surface area (TPSA) is 65.1 Å². The fraction of sp³-hybridized carbons (Fsp3) is 0.200. The lowest BCUT2D eigenvalue weighted by Crippen LogP contribution is -2.58. The summed E-state index contributed by atoms with van der Waals surface area (Å²) in [7, 11) is 1.65. The van der Waals surface area contributed by atoms with E-state index in [1.807, 2.05) is 60.8 Å². The Balaban J connectivity index is 1.95. The van der Waals surface area contributed by atoms with Gasteiger partial charge in [-0.25, -0.2) is 4.79 Å². The Kier molecular flexibility index (Phi) is 4.97. The molecule has 5 heteroatoms. The Bertz CT molecular complexity index is 904. The van der Waals surface area contributed by atoms with Crippen LogP contribution in [-0.2, 0) is 17.6 Å². The summed E-state index contributed by atoms with van der Waals surface area (Å²) >= 11 is 5.59. The van der Waals surface area contributed by atoms with Crippen molar-refractivity contribution in [2.75, 3.05) is 7.05 Å². The van der Waals surface area contributed by atoms with Crippen LogP contribution in [0.15, 0.2) is 60.8 Å². The van der Waals surface area contributed by atoms with Gasteiger partial charge < -0.3 is 15.4 Å². The first-order valence-electron chi connectivity index (χ1n) is 8.11. The van der Waals surface area contributed by atoms with E-state index in [4.69, 9.17) is 12.2 Å². The number of carboxylic acid groups (broad SMARTS) is 1. The normalized spacial score (nSPS) is 13.5. The number of carbonyl (C=O) groups is 1. The molecule has 25 heavy (non-hydrogen) atoms. The summed E-state index contributed by atoms with van der Waals surface area (Å²) in [6.45, 7) is 0. The van der Waals surface area contributed by atoms with Gasteiger partial charge in [-0.3, -0.25) is 0 Å². The number of nitrogens with one attached hydrogen (secondary N) is 2. The SMILES string of the molecule is CN[C@@](Cc1c[nH]c2ccccc12)(C(=O)O)C(=S)Cc1ccccc1. The number of hydrogen-bond donors (Lipinski definition) is 3. The molecule has 1 heterocycles. The first-order valence-corrected chi connectivity index (χ1v) is 8.52. The molecule has 3 rings (SSSR count). The third-order valence-corrected chi connectivity index (χ3v) is 5.10. The standard InChI is InChI=1S/C20H20N2O2S/c1-21-20(19(23)24,18(25)11-14-7-3-2-4-8-14)12-15-13-22-17-10-6-5-9-16(15)17/h2-10,13,21-22H,11-12H2,1H3,(H,23,24)/t20-/m1/s1. The van der Waals surface area contributed by atoms with Crippen molar-refractivity contribution in [3.63, 3.8) is 0 Å². The lowest BCUT2D eigenvalue weighted by atomic mass is 9.84. The summed E-state index contributed by atoms with van der Waals surface area (Å²) < 4.78 is 0. The number of carboxylic acids is 1. The molecule has 0 radical (unpaired) electrons. The number of hydrogen-bond acceptors (Lipinski definition) is 3. The highest BCUT2D eigenvalue weighted by molar-refractivity contribution is 7.80. The molecule has 0 aliphatic carbocycles. The zero-order valence-corrected chi connectivity index (χ0v) is 14.8. The molecule has 0 spiro atoms. The van der Waals surface area contributed by atoms with E-state index in [9.17, 15) is 9.90 Å². The molecule has 0 fully saturated rings. The van der Waals surface area contributed by atoms with Crippen molar-refractivity contribution in [1.82, 2.24) is 10.3 Å². The van der Waals surface area contributed by atoms with E-state index >= 15 is 0 Å². The minimum atomic E-state index is -1.30. The van der Waals surface area contributed by atoms with Gasteiger partial charge in [-0.05, 0) is 24.2 Å². The number of H-pyrrole nitrogens is 1. The molecule has 0 amide bonds. The lowest BCUT2D eigenvalue weighted by Gasteiger charge is -2.30. The van der Waals surface area contributed by atoms with Gasteiger partial charge in [0.25, 0.3) is 0 Å². The van der Waals surface area contributed by atoms with Crippen LogP contribution in [0.4, 0.5) is 0 Å². The fourth-order valence-electron chi connectivity index (χ4n) is 3.12. The number of aromatic nitrogens is 1. The van der Waals surface area contributed by atoms with Crippen LogP contribution in [0.5, 0.6) is 0 Å². The molecule has 0 saturated heterocycles. The predicted molar refractivity (Wildman–Crippen MR) is 104 cm³/mol. The molecule has 0 aliphatic rings. The van der Waals surface area contributed by atoms with Crippen LogP contribution in [0, 0.1) is 0 Å². The zero-order chi connectivity index (χ0) is 17.9. The molecule has 0 unspecified atom stereocenters. The first-order chi connectivity index (χ1) is 12.1. The maximum absolute atomic E-state index is 12.2. The van der Waals surface area contributed by atoms with Gasteiger partial charge in [0.1, 0.15) is 0 Å². The van der Waals surface area contributed by atoms with Crippen LogP contribution in [0.2, 0.25) is 0 Å². The number of likely N-dealkylation sites (N-methyl/N-ethyl adjacent to an activating group) is 1. The Morgan fingerprint density at radius 1 is 1.16 bits per heavy atom. The minimum Gasteiger partial charge on any atom is -0.480 e. The van der Waals surface area contributed by atoms with Crippen molar-refractivity contribution < 1.29 is 9.90 Å². The summed E-state index contributed by atoms with van der Waals surface area (Å²) in [6.07, 6.45) is 2.59. The van der Waals surface area contributed by atoms with Crippen LogP contribution >= 0.6 is 12.2 Å². The van der Waals surface area contributed by atoms with Crippen molar-refractivity contribution in [3.8, 4) is 0 Å². The number of benzene rings is 2.